The smallest absolute Gasteiger partial charge is 0.288 e. The SMILES string of the molecule is O=C1CCCC2OOC12O. The molecule has 0 aromatic rings. The van der Waals surface area contributed by atoms with Gasteiger partial charge in [-0.3, -0.25) is 4.79 Å². The van der Waals surface area contributed by atoms with Gasteiger partial charge in [0.1, 0.15) is 0 Å². The van der Waals surface area contributed by atoms with Crippen molar-refractivity contribution in [2.75, 3.05) is 0 Å². The molecule has 2 atom stereocenters. The number of carbonyl (C=O) groups excluding carboxylic acids is 1. The molecule has 1 saturated heterocycles. The van der Waals surface area contributed by atoms with Gasteiger partial charge in [0, 0.05) is 6.42 Å². The molecule has 0 spiro atoms. The standard InChI is InChI=1S/C6H8O4/c7-4-2-1-3-5-6(4,8)10-9-5/h5,8H,1-3H2. The van der Waals surface area contributed by atoms with Gasteiger partial charge in [0.05, 0.1) is 0 Å². The molecule has 1 aliphatic carbocycles. The second-order valence-corrected chi connectivity index (χ2v) is 2.68. The van der Waals surface area contributed by atoms with Gasteiger partial charge < -0.3 is 5.11 Å². The Balaban J connectivity index is 2.19. The monoisotopic (exact) mass is 144 g/mol. The molecule has 2 rings (SSSR count). The molecule has 2 fully saturated rings. The summed E-state index contributed by atoms with van der Waals surface area (Å²) >= 11 is 0. The Kier molecular flexibility index (Phi) is 1.12. The maximum absolute atomic E-state index is 10.9. The molecule has 2 unspecified atom stereocenters. The van der Waals surface area contributed by atoms with E-state index >= 15 is 0 Å². The van der Waals surface area contributed by atoms with E-state index in [2.05, 4.69) is 9.78 Å². The molecule has 4 nitrogen and oxygen atoms in total. The Labute approximate surface area is 57.7 Å². The summed E-state index contributed by atoms with van der Waals surface area (Å²) in [6.07, 6.45) is 1.49. The second-order valence-electron chi connectivity index (χ2n) is 2.68. The lowest BCUT2D eigenvalue weighted by molar-refractivity contribution is -0.548. The lowest BCUT2D eigenvalue weighted by Crippen LogP contribution is -2.63. The lowest BCUT2D eigenvalue weighted by Gasteiger charge is -2.43. The molecule has 1 saturated carbocycles. The molecule has 4 heteroatoms. The van der Waals surface area contributed by atoms with Crippen LogP contribution in [0.25, 0.3) is 0 Å². The first-order valence-electron chi connectivity index (χ1n) is 3.33. The van der Waals surface area contributed by atoms with Crippen LogP contribution in [0.4, 0.5) is 0 Å². The van der Waals surface area contributed by atoms with Crippen LogP contribution in [0.5, 0.6) is 0 Å². The largest absolute Gasteiger partial charge is 0.355 e. The van der Waals surface area contributed by atoms with Crippen LogP contribution < -0.4 is 0 Å². The van der Waals surface area contributed by atoms with E-state index in [1.54, 1.807) is 0 Å². The fourth-order valence-corrected chi connectivity index (χ4v) is 1.30. The number of fused-ring (bicyclic) bond motifs is 1. The quantitative estimate of drug-likeness (QED) is 0.476. The molecule has 0 amide bonds. The molecule has 2 aliphatic rings. The molecule has 0 radical (unpaired) electrons. The molecular weight excluding hydrogens is 136 g/mol. The minimum absolute atomic E-state index is 0.255. The van der Waals surface area contributed by atoms with E-state index in [-0.39, 0.29) is 5.78 Å². The summed E-state index contributed by atoms with van der Waals surface area (Å²) in [7, 11) is 0. The van der Waals surface area contributed by atoms with Crippen molar-refractivity contribution in [1.82, 2.24) is 0 Å². The zero-order valence-electron chi connectivity index (χ0n) is 5.37. The van der Waals surface area contributed by atoms with Crippen molar-refractivity contribution < 1.29 is 19.7 Å². The summed E-state index contributed by atoms with van der Waals surface area (Å²) in [6, 6.07) is 0. The molecule has 0 aromatic carbocycles. The van der Waals surface area contributed by atoms with Gasteiger partial charge in [0.2, 0.25) is 0 Å². The van der Waals surface area contributed by atoms with Crippen molar-refractivity contribution in [3.8, 4) is 0 Å². The topological polar surface area (TPSA) is 55.8 Å². The van der Waals surface area contributed by atoms with E-state index in [1.807, 2.05) is 0 Å². The molecule has 1 heterocycles. The van der Waals surface area contributed by atoms with Crippen LogP contribution in [0.2, 0.25) is 0 Å². The summed E-state index contributed by atoms with van der Waals surface area (Å²) in [5.74, 6) is -1.84. The Morgan fingerprint density at radius 1 is 1.70 bits per heavy atom. The van der Waals surface area contributed by atoms with Gasteiger partial charge in [-0.2, -0.15) is 4.89 Å². The van der Waals surface area contributed by atoms with Crippen LogP contribution in [-0.4, -0.2) is 22.8 Å². The normalized spacial score (nSPS) is 46.1. The van der Waals surface area contributed by atoms with Crippen molar-refractivity contribution in [2.45, 2.75) is 31.2 Å². The van der Waals surface area contributed by atoms with Crippen LogP contribution in [0.3, 0.4) is 0 Å². The Morgan fingerprint density at radius 3 is 2.90 bits per heavy atom. The van der Waals surface area contributed by atoms with Crippen LogP contribution >= 0.6 is 0 Å². The van der Waals surface area contributed by atoms with E-state index in [0.29, 0.717) is 12.8 Å². The number of ketones is 1. The van der Waals surface area contributed by atoms with Gasteiger partial charge in [0.25, 0.3) is 5.79 Å². The number of rotatable bonds is 0. The first kappa shape index (κ1) is 6.27. The van der Waals surface area contributed by atoms with Gasteiger partial charge in [-0.15, -0.1) is 0 Å². The summed E-state index contributed by atoms with van der Waals surface area (Å²) in [6.45, 7) is 0. The van der Waals surface area contributed by atoms with Crippen molar-refractivity contribution >= 4 is 5.78 Å². The van der Waals surface area contributed by atoms with Crippen LogP contribution in [-0.2, 0) is 14.6 Å². The predicted octanol–water partition coefficient (Wildman–Crippen LogP) is -0.242. The maximum Gasteiger partial charge on any atom is 0.288 e. The van der Waals surface area contributed by atoms with Crippen LogP contribution in [0.1, 0.15) is 19.3 Å². The minimum Gasteiger partial charge on any atom is -0.355 e. The van der Waals surface area contributed by atoms with Gasteiger partial charge in [0.15, 0.2) is 11.9 Å². The molecule has 1 N–H and O–H groups in total. The van der Waals surface area contributed by atoms with Crippen LogP contribution in [0, 0.1) is 0 Å². The highest BCUT2D eigenvalue weighted by atomic mass is 17.3. The predicted molar refractivity (Wildman–Crippen MR) is 29.8 cm³/mol. The van der Waals surface area contributed by atoms with Gasteiger partial charge in [-0.25, -0.2) is 4.89 Å². The van der Waals surface area contributed by atoms with E-state index < -0.39 is 11.9 Å². The third-order valence-corrected chi connectivity index (χ3v) is 2.00. The summed E-state index contributed by atoms with van der Waals surface area (Å²) in [5.41, 5.74) is 0. The first-order chi connectivity index (χ1) is 4.73. The van der Waals surface area contributed by atoms with Gasteiger partial charge in [-0.1, -0.05) is 0 Å². The lowest BCUT2D eigenvalue weighted by atomic mass is 9.89. The third-order valence-electron chi connectivity index (χ3n) is 2.00. The van der Waals surface area contributed by atoms with Gasteiger partial charge in [-0.05, 0) is 12.8 Å². The molecular formula is C6H8O4. The fourth-order valence-electron chi connectivity index (χ4n) is 1.30. The Bertz CT molecular complexity index is 179. The zero-order chi connectivity index (χ0) is 7.19. The maximum atomic E-state index is 10.9. The highest BCUT2D eigenvalue weighted by Gasteiger charge is 2.57. The molecule has 1 aliphatic heterocycles. The summed E-state index contributed by atoms with van der Waals surface area (Å²) < 4.78 is 0. The minimum atomic E-state index is -1.59. The van der Waals surface area contributed by atoms with E-state index in [0.717, 1.165) is 6.42 Å². The van der Waals surface area contributed by atoms with Crippen molar-refractivity contribution in [3.05, 3.63) is 0 Å². The van der Waals surface area contributed by atoms with E-state index in [9.17, 15) is 9.90 Å². The highest BCUT2D eigenvalue weighted by Crippen LogP contribution is 2.37. The molecule has 0 aromatic heterocycles. The first-order valence-corrected chi connectivity index (χ1v) is 3.33. The Morgan fingerprint density at radius 2 is 2.50 bits per heavy atom. The van der Waals surface area contributed by atoms with Gasteiger partial charge >= 0.3 is 0 Å². The van der Waals surface area contributed by atoms with Crippen molar-refractivity contribution in [2.24, 2.45) is 0 Å². The molecule has 56 valence electrons. The number of Topliss-reactive ketones (excluding diaryl/α,β-unsaturated/α-hetero) is 1. The van der Waals surface area contributed by atoms with E-state index in [1.165, 1.54) is 0 Å². The zero-order valence-corrected chi connectivity index (χ0v) is 5.37. The number of carbonyl (C=O) groups is 1. The average Bonchev–Trinajstić information content (AvgIpc) is 1.90. The summed E-state index contributed by atoms with van der Waals surface area (Å²) in [4.78, 5) is 19.8. The van der Waals surface area contributed by atoms with Crippen LogP contribution in [0.15, 0.2) is 0 Å². The van der Waals surface area contributed by atoms with E-state index in [4.69, 9.17) is 0 Å². The van der Waals surface area contributed by atoms with Crippen molar-refractivity contribution in [3.63, 3.8) is 0 Å². The second kappa shape index (κ2) is 1.78. The molecule has 0 bridgehead atoms. The number of hydrogen-bond donors (Lipinski definition) is 1. The highest BCUT2D eigenvalue weighted by molar-refractivity contribution is 5.87. The molecule has 10 heavy (non-hydrogen) atoms. The Hall–Kier alpha value is -0.450. The third kappa shape index (κ3) is 0.584. The summed E-state index contributed by atoms with van der Waals surface area (Å²) in [5, 5.41) is 9.30. The number of hydrogen-bond acceptors (Lipinski definition) is 4. The van der Waals surface area contributed by atoms with Crippen molar-refractivity contribution in [1.29, 1.82) is 0 Å². The fraction of sp³-hybridized carbons (Fsp3) is 0.833. The average molecular weight is 144 g/mol. The number of aliphatic hydroxyl groups is 1.